The van der Waals surface area contributed by atoms with Gasteiger partial charge in [0, 0.05) is 44.0 Å². The van der Waals surface area contributed by atoms with Gasteiger partial charge in [0.1, 0.15) is 11.5 Å². The van der Waals surface area contributed by atoms with Crippen LogP contribution in [-0.2, 0) is 6.54 Å². The van der Waals surface area contributed by atoms with E-state index < -0.39 is 0 Å². The highest BCUT2D eigenvalue weighted by atomic mass is 19.1. The minimum Gasteiger partial charge on any atom is -0.359 e. The largest absolute Gasteiger partial charge is 0.359 e. The Labute approximate surface area is 135 Å². The minimum atomic E-state index is -0.223. The second-order valence-corrected chi connectivity index (χ2v) is 5.75. The van der Waals surface area contributed by atoms with Crippen LogP contribution in [0, 0.1) is 12.7 Å². The Hall–Kier alpha value is -2.21. The molecular weight excluding hydrogens is 295 g/mol. The van der Waals surface area contributed by atoms with E-state index in [4.69, 9.17) is 4.52 Å². The number of hydrogen-bond donors (Lipinski definition) is 0. The topological polar surface area (TPSA) is 44.9 Å². The molecule has 1 fully saturated rings. The van der Waals surface area contributed by atoms with Gasteiger partial charge in [0.05, 0.1) is 6.54 Å². The van der Waals surface area contributed by atoms with Crippen LogP contribution in [0.4, 0.5) is 4.39 Å². The van der Waals surface area contributed by atoms with E-state index in [9.17, 15) is 4.39 Å². The summed E-state index contributed by atoms with van der Waals surface area (Å²) in [4.78, 5) is 2.31. The lowest BCUT2D eigenvalue weighted by Crippen LogP contribution is -2.43. The Kier molecular flexibility index (Phi) is 4.71. The van der Waals surface area contributed by atoms with Crippen molar-refractivity contribution in [1.82, 2.24) is 15.1 Å². The fourth-order valence-electron chi connectivity index (χ4n) is 2.67. The average Bonchev–Trinajstić information content (AvgIpc) is 3.01. The average molecular weight is 316 g/mol. The molecule has 2 heterocycles. The number of hydrazone groups is 1. The standard InChI is InChI=1S/C17H21FN4O/c1-3-19-22-8-6-21(7-9-22)12-15-11-17(20-23-15)14-5-4-13(2)16(18)10-14/h3-5,10-11H,6-9,12H2,1-2H3/b19-3+. The van der Waals surface area contributed by atoms with Gasteiger partial charge in [-0.1, -0.05) is 17.3 Å². The van der Waals surface area contributed by atoms with Crippen LogP contribution in [0.25, 0.3) is 11.3 Å². The number of aromatic nitrogens is 1. The first kappa shape index (κ1) is 15.7. The van der Waals surface area contributed by atoms with Crippen LogP contribution in [0.1, 0.15) is 18.2 Å². The van der Waals surface area contributed by atoms with Crippen molar-refractivity contribution in [1.29, 1.82) is 0 Å². The first-order valence-electron chi connectivity index (χ1n) is 7.83. The summed E-state index contributed by atoms with van der Waals surface area (Å²) in [6, 6.07) is 7.01. The number of halogens is 1. The molecule has 2 aromatic rings. The molecule has 0 aliphatic carbocycles. The summed E-state index contributed by atoms with van der Waals surface area (Å²) in [5, 5.41) is 10.4. The number of rotatable bonds is 4. The highest BCUT2D eigenvalue weighted by molar-refractivity contribution is 5.59. The molecular formula is C17H21FN4O. The summed E-state index contributed by atoms with van der Waals surface area (Å²) in [5.74, 6) is 0.577. The summed E-state index contributed by atoms with van der Waals surface area (Å²) in [6.07, 6.45) is 1.82. The van der Waals surface area contributed by atoms with E-state index in [0.717, 1.165) is 37.5 Å². The van der Waals surface area contributed by atoms with Crippen molar-refractivity contribution in [2.45, 2.75) is 20.4 Å². The van der Waals surface area contributed by atoms with Crippen molar-refractivity contribution in [3.8, 4) is 11.3 Å². The van der Waals surface area contributed by atoms with Crippen LogP contribution in [-0.4, -0.2) is 47.5 Å². The van der Waals surface area contributed by atoms with Crippen molar-refractivity contribution >= 4 is 6.21 Å². The molecule has 122 valence electrons. The van der Waals surface area contributed by atoms with E-state index in [-0.39, 0.29) is 5.82 Å². The van der Waals surface area contributed by atoms with Gasteiger partial charge >= 0.3 is 0 Å². The van der Waals surface area contributed by atoms with Gasteiger partial charge in [-0.15, -0.1) is 0 Å². The van der Waals surface area contributed by atoms with Crippen LogP contribution >= 0.6 is 0 Å². The molecule has 0 bridgehead atoms. The lowest BCUT2D eigenvalue weighted by atomic mass is 10.1. The zero-order valence-corrected chi connectivity index (χ0v) is 13.5. The fourth-order valence-corrected chi connectivity index (χ4v) is 2.67. The second kappa shape index (κ2) is 6.91. The maximum Gasteiger partial charge on any atom is 0.151 e. The third-order valence-corrected chi connectivity index (χ3v) is 4.03. The van der Waals surface area contributed by atoms with E-state index >= 15 is 0 Å². The second-order valence-electron chi connectivity index (χ2n) is 5.75. The number of piperazine rings is 1. The van der Waals surface area contributed by atoms with Gasteiger partial charge in [0.15, 0.2) is 5.76 Å². The van der Waals surface area contributed by atoms with Crippen molar-refractivity contribution in [3.63, 3.8) is 0 Å². The van der Waals surface area contributed by atoms with Crippen molar-refractivity contribution < 1.29 is 8.91 Å². The van der Waals surface area contributed by atoms with Crippen molar-refractivity contribution in [2.24, 2.45) is 5.10 Å². The summed E-state index contributed by atoms with van der Waals surface area (Å²) in [7, 11) is 0. The number of hydrogen-bond acceptors (Lipinski definition) is 5. The van der Waals surface area contributed by atoms with E-state index in [0.29, 0.717) is 17.8 Å². The molecule has 0 N–H and O–H groups in total. The van der Waals surface area contributed by atoms with Gasteiger partial charge in [0.2, 0.25) is 0 Å². The summed E-state index contributed by atoms with van der Waals surface area (Å²) in [5.41, 5.74) is 2.04. The zero-order valence-electron chi connectivity index (χ0n) is 13.5. The zero-order chi connectivity index (χ0) is 16.2. The van der Waals surface area contributed by atoms with Gasteiger partial charge in [-0.2, -0.15) is 5.10 Å². The maximum atomic E-state index is 13.7. The van der Waals surface area contributed by atoms with Crippen LogP contribution in [0.5, 0.6) is 0 Å². The summed E-state index contributed by atoms with van der Waals surface area (Å²) >= 11 is 0. The van der Waals surface area contributed by atoms with Gasteiger partial charge in [-0.05, 0) is 25.5 Å². The molecule has 0 spiro atoms. The molecule has 5 nitrogen and oxygen atoms in total. The van der Waals surface area contributed by atoms with E-state index in [1.807, 2.05) is 25.3 Å². The number of nitrogens with zero attached hydrogens (tertiary/aromatic N) is 4. The van der Waals surface area contributed by atoms with E-state index in [1.54, 1.807) is 13.0 Å². The Balaban J connectivity index is 1.62. The Bertz CT molecular complexity index is 690. The normalized spacial score (nSPS) is 16.4. The van der Waals surface area contributed by atoms with Crippen LogP contribution in [0.3, 0.4) is 0 Å². The lowest BCUT2D eigenvalue weighted by molar-refractivity contribution is 0.122. The predicted octanol–water partition coefficient (Wildman–Crippen LogP) is 2.91. The fraction of sp³-hybridized carbons (Fsp3) is 0.412. The van der Waals surface area contributed by atoms with Gasteiger partial charge in [0.25, 0.3) is 0 Å². The molecule has 1 aromatic carbocycles. The third kappa shape index (κ3) is 3.76. The lowest BCUT2D eigenvalue weighted by Gasteiger charge is -2.32. The highest BCUT2D eigenvalue weighted by Gasteiger charge is 2.17. The molecule has 0 unspecified atom stereocenters. The Morgan fingerprint density at radius 1 is 1.26 bits per heavy atom. The molecule has 1 saturated heterocycles. The molecule has 1 aliphatic heterocycles. The minimum absolute atomic E-state index is 0.223. The third-order valence-electron chi connectivity index (χ3n) is 4.03. The number of benzene rings is 1. The van der Waals surface area contributed by atoms with Crippen LogP contribution < -0.4 is 0 Å². The SMILES string of the molecule is C/C=N/N1CCN(Cc2cc(-c3ccc(C)c(F)c3)no2)CC1. The van der Waals surface area contributed by atoms with Crippen LogP contribution in [0.2, 0.25) is 0 Å². The van der Waals surface area contributed by atoms with Gasteiger partial charge in [-0.25, -0.2) is 4.39 Å². The van der Waals surface area contributed by atoms with Crippen molar-refractivity contribution in [2.75, 3.05) is 26.2 Å². The molecule has 1 aromatic heterocycles. The molecule has 1 aliphatic rings. The molecule has 6 heteroatoms. The Morgan fingerprint density at radius 2 is 2.04 bits per heavy atom. The monoisotopic (exact) mass is 316 g/mol. The quantitative estimate of drug-likeness (QED) is 0.814. The summed E-state index contributed by atoms with van der Waals surface area (Å²) in [6.45, 7) is 8.08. The predicted molar refractivity (Wildman–Crippen MR) is 87.7 cm³/mol. The first-order chi connectivity index (χ1) is 11.2. The molecule has 0 atom stereocenters. The van der Waals surface area contributed by atoms with Gasteiger partial charge < -0.3 is 4.52 Å². The smallest absolute Gasteiger partial charge is 0.151 e. The molecule has 23 heavy (non-hydrogen) atoms. The van der Waals surface area contributed by atoms with E-state index in [1.165, 1.54) is 6.07 Å². The first-order valence-corrected chi connectivity index (χ1v) is 7.83. The summed E-state index contributed by atoms with van der Waals surface area (Å²) < 4.78 is 19.1. The molecule has 3 rings (SSSR count). The Morgan fingerprint density at radius 3 is 2.74 bits per heavy atom. The maximum absolute atomic E-state index is 13.7. The van der Waals surface area contributed by atoms with Gasteiger partial charge in [-0.3, -0.25) is 9.91 Å². The highest BCUT2D eigenvalue weighted by Crippen LogP contribution is 2.22. The molecule has 0 amide bonds. The molecule has 0 radical (unpaired) electrons. The van der Waals surface area contributed by atoms with Crippen molar-refractivity contribution in [3.05, 3.63) is 41.4 Å². The number of aryl methyl sites for hydroxylation is 1. The van der Waals surface area contributed by atoms with E-state index in [2.05, 4.69) is 20.2 Å². The van der Waals surface area contributed by atoms with Crippen LogP contribution in [0.15, 0.2) is 33.9 Å². The molecule has 0 saturated carbocycles.